The van der Waals surface area contributed by atoms with Gasteiger partial charge in [-0.25, -0.2) is 0 Å². The van der Waals surface area contributed by atoms with Gasteiger partial charge in [-0.05, 0) is 0 Å². The van der Waals surface area contributed by atoms with Crippen molar-refractivity contribution < 1.29 is 19.4 Å². The van der Waals surface area contributed by atoms with Crippen molar-refractivity contribution in [2.24, 2.45) is 0 Å². The Bertz CT molecular complexity index is 732. The second kappa shape index (κ2) is 7.00. The van der Waals surface area contributed by atoms with E-state index in [2.05, 4.69) is 31.2 Å². The van der Waals surface area contributed by atoms with Crippen LogP contribution in [0, 0.1) is 0 Å². The fraction of sp³-hybridized carbons (Fsp3) is 0.176. The van der Waals surface area contributed by atoms with Gasteiger partial charge in [0.15, 0.2) is 0 Å². The number of hydrogen-bond acceptors (Lipinski definition) is 0. The Morgan fingerprint density at radius 2 is 1.73 bits per heavy atom. The second-order valence-corrected chi connectivity index (χ2v) is 14.9. The van der Waals surface area contributed by atoms with Gasteiger partial charge in [0.1, 0.15) is 0 Å². The first-order valence-electron chi connectivity index (χ1n) is 6.99. The van der Waals surface area contributed by atoms with Crippen LogP contribution in [0.1, 0.15) is 28.1 Å². The van der Waals surface area contributed by atoms with Crippen LogP contribution in [0.5, 0.6) is 0 Å². The van der Waals surface area contributed by atoms with E-state index in [0.29, 0.717) is 10.0 Å². The molecule has 1 aliphatic rings. The van der Waals surface area contributed by atoms with Gasteiger partial charge in [0.2, 0.25) is 0 Å². The van der Waals surface area contributed by atoms with Crippen molar-refractivity contribution in [1.29, 1.82) is 0 Å². The molecule has 0 amide bonds. The number of halogens is 4. The van der Waals surface area contributed by atoms with Gasteiger partial charge in [0.05, 0.1) is 0 Å². The Labute approximate surface area is 155 Å². The van der Waals surface area contributed by atoms with E-state index in [9.17, 15) is 0 Å². The Balaban J connectivity index is 2.19. The monoisotopic (exact) mass is 447 g/mol. The summed E-state index contributed by atoms with van der Waals surface area (Å²) in [4.78, 5) is 0. The molecule has 0 N–H and O–H groups in total. The molecule has 0 aliphatic heterocycles. The molecule has 0 bridgehead atoms. The van der Waals surface area contributed by atoms with Crippen molar-refractivity contribution in [3.05, 3.63) is 63.1 Å². The summed E-state index contributed by atoms with van der Waals surface area (Å²) in [7, 11) is 12.8. The van der Waals surface area contributed by atoms with Crippen LogP contribution in [0.15, 0.2) is 42.0 Å². The molecule has 0 fully saturated rings. The van der Waals surface area contributed by atoms with Crippen LogP contribution in [-0.4, -0.2) is 0 Å². The first kappa shape index (κ1) is 17.1. The van der Waals surface area contributed by atoms with E-state index in [-0.39, 0.29) is 3.63 Å². The normalized spacial score (nSPS) is 16.4. The zero-order valence-electron chi connectivity index (χ0n) is 11.8. The van der Waals surface area contributed by atoms with Crippen molar-refractivity contribution in [2.75, 3.05) is 0 Å². The van der Waals surface area contributed by atoms with Crippen LogP contribution in [0.4, 0.5) is 0 Å². The van der Waals surface area contributed by atoms with E-state index in [0.717, 1.165) is 17.5 Å². The third-order valence-corrected chi connectivity index (χ3v) is 9.72. The van der Waals surface area contributed by atoms with Gasteiger partial charge < -0.3 is 0 Å². The van der Waals surface area contributed by atoms with E-state index in [1.165, 1.54) is 16.7 Å². The van der Waals surface area contributed by atoms with Gasteiger partial charge in [-0.1, -0.05) is 0 Å². The SMILES string of the molecule is CCC1=Cc2c(-c3cc(Cl)cc(Cl)c3)cccc2[CH]1[Zr]([Cl])[Cl]. The van der Waals surface area contributed by atoms with Crippen LogP contribution in [0.2, 0.25) is 10.0 Å². The minimum atomic E-state index is -2.43. The Kier molecular flexibility index (Phi) is 5.42. The van der Waals surface area contributed by atoms with Gasteiger partial charge >= 0.3 is 157 Å². The molecule has 0 spiro atoms. The Morgan fingerprint density at radius 3 is 2.32 bits per heavy atom. The average Bonchev–Trinajstić information content (AvgIpc) is 2.84. The molecule has 22 heavy (non-hydrogen) atoms. The van der Waals surface area contributed by atoms with E-state index in [1.807, 2.05) is 12.1 Å². The zero-order chi connectivity index (χ0) is 15.9. The van der Waals surface area contributed by atoms with E-state index >= 15 is 0 Å². The zero-order valence-corrected chi connectivity index (χ0v) is 17.3. The first-order valence-corrected chi connectivity index (χ1v) is 15.5. The summed E-state index contributed by atoms with van der Waals surface area (Å²) >= 11 is 9.88. The van der Waals surface area contributed by atoms with Crippen molar-refractivity contribution in [1.82, 2.24) is 0 Å². The Hall–Kier alpha value is 0.223. The summed E-state index contributed by atoms with van der Waals surface area (Å²) in [6.45, 7) is 2.15. The summed E-state index contributed by atoms with van der Waals surface area (Å²) in [6.07, 6.45) is 3.22. The molecule has 1 aliphatic carbocycles. The first-order chi connectivity index (χ1) is 10.5. The summed E-state index contributed by atoms with van der Waals surface area (Å²) < 4.78 is 0.250. The van der Waals surface area contributed by atoms with Gasteiger partial charge in [0.25, 0.3) is 0 Å². The van der Waals surface area contributed by atoms with E-state index in [4.69, 9.17) is 40.2 Å². The maximum absolute atomic E-state index is 6.41. The maximum atomic E-state index is 6.41. The molecule has 1 unspecified atom stereocenters. The third-order valence-electron chi connectivity index (χ3n) is 3.95. The number of fused-ring (bicyclic) bond motifs is 1. The molecule has 0 radical (unpaired) electrons. The minimum absolute atomic E-state index is 0.250. The average molecular weight is 450 g/mol. The fourth-order valence-corrected chi connectivity index (χ4v) is 9.16. The number of hydrogen-bond donors (Lipinski definition) is 0. The number of benzene rings is 2. The molecule has 0 saturated carbocycles. The molecular weight excluding hydrogens is 437 g/mol. The van der Waals surface area contributed by atoms with Crippen molar-refractivity contribution in [3.8, 4) is 11.1 Å². The molecular formula is C17H13Cl4Zr. The molecule has 3 rings (SSSR count). The van der Waals surface area contributed by atoms with Crippen LogP contribution in [-0.2, 0) is 19.4 Å². The molecule has 0 heterocycles. The van der Waals surface area contributed by atoms with Crippen LogP contribution >= 0.6 is 40.2 Å². The predicted octanol–water partition coefficient (Wildman–Crippen LogP) is 7.43. The molecule has 0 aromatic heterocycles. The summed E-state index contributed by atoms with van der Waals surface area (Å²) in [5.74, 6) is 0. The molecule has 0 nitrogen and oxygen atoms in total. The molecule has 2 aromatic carbocycles. The summed E-state index contributed by atoms with van der Waals surface area (Å²) in [6, 6.07) is 11.9. The fourth-order valence-electron chi connectivity index (χ4n) is 2.99. The van der Waals surface area contributed by atoms with Gasteiger partial charge in [0, 0.05) is 0 Å². The van der Waals surface area contributed by atoms with Crippen LogP contribution in [0.25, 0.3) is 17.2 Å². The van der Waals surface area contributed by atoms with Gasteiger partial charge in [-0.3, -0.25) is 0 Å². The second-order valence-electron chi connectivity index (χ2n) is 5.26. The predicted molar refractivity (Wildman–Crippen MR) is 94.6 cm³/mol. The van der Waals surface area contributed by atoms with Gasteiger partial charge in [-0.2, -0.15) is 0 Å². The van der Waals surface area contributed by atoms with E-state index in [1.54, 1.807) is 6.07 Å². The molecule has 113 valence electrons. The molecule has 1 atom stereocenters. The Morgan fingerprint density at radius 1 is 1.05 bits per heavy atom. The van der Waals surface area contributed by atoms with Crippen molar-refractivity contribution in [3.63, 3.8) is 0 Å². The number of rotatable bonds is 3. The molecule has 5 heteroatoms. The summed E-state index contributed by atoms with van der Waals surface area (Å²) in [5.41, 5.74) is 5.96. The van der Waals surface area contributed by atoms with Gasteiger partial charge in [-0.15, -0.1) is 0 Å². The van der Waals surface area contributed by atoms with Crippen LogP contribution < -0.4 is 0 Å². The van der Waals surface area contributed by atoms with Crippen molar-refractivity contribution >= 4 is 46.3 Å². The third kappa shape index (κ3) is 3.21. The standard InChI is InChI=1S/C17H13Cl2.2ClH.Zr/c1-2-11-6-12-4-3-5-16(17(12)7-11)13-8-14(18)10-15(19)9-13;;;/h3-10H,2H2,1H3;2*1H;/q;;;+2/p-2. The quantitative estimate of drug-likeness (QED) is 0.456. The van der Waals surface area contributed by atoms with E-state index < -0.39 is 19.4 Å². The van der Waals surface area contributed by atoms with Crippen LogP contribution in [0.3, 0.4) is 0 Å². The van der Waals surface area contributed by atoms with Crippen molar-refractivity contribution in [2.45, 2.75) is 17.0 Å². The molecule has 0 saturated heterocycles. The number of allylic oxidation sites excluding steroid dienone is 1. The molecule has 2 aromatic rings. The topological polar surface area (TPSA) is 0 Å². The summed E-state index contributed by atoms with van der Waals surface area (Å²) in [5, 5.41) is 1.28.